The molecule has 0 aliphatic rings. The van der Waals surface area contributed by atoms with Gasteiger partial charge in [-0.05, 0) is 79.2 Å². The molecule has 1 heterocycles. The molecule has 0 unspecified atom stereocenters. The van der Waals surface area contributed by atoms with Gasteiger partial charge in [-0.3, -0.25) is 4.57 Å². The Morgan fingerprint density at radius 3 is 1.40 bits per heavy atom. The van der Waals surface area contributed by atoms with Gasteiger partial charge in [-0.2, -0.15) is 0 Å². The highest BCUT2D eigenvalue weighted by molar-refractivity contribution is 6.44. The largest absolute Gasteiger partial charge is 0.375 e. The van der Waals surface area contributed by atoms with Crippen LogP contribution in [-0.4, -0.2) is 49.0 Å². The smallest absolute Gasteiger partial charge is 0.177 e. The summed E-state index contributed by atoms with van der Waals surface area (Å²) in [5.41, 5.74) is 7.78. The monoisotopic (exact) mass is 618 g/mol. The molecule has 2 N–H and O–H groups in total. The number of aliphatic hydroxyl groups is 2. The summed E-state index contributed by atoms with van der Waals surface area (Å²) in [6, 6.07) is 53.3. The van der Waals surface area contributed by atoms with Crippen molar-refractivity contribution in [2.24, 2.45) is 0 Å². The molecule has 4 nitrogen and oxygen atoms in total. The van der Waals surface area contributed by atoms with E-state index < -0.39 is 10.9 Å². The van der Waals surface area contributed by atoms with Crippen LogP contribution in [0.3, 0.4) is 0 Å². The Hall–Kier alpha value is -5.36. The second-order valence-electron chi connectivity index (χ2n) is 13.2. The van der Waals surface area contributed by atoms with Crippen molar-refractivity contribution in [2.75, 3.05) is 0 Å². The predicted molar refractivity (Wildman–Crippen MR) is 207 cm³/mol. The minimum Gasteiger partial charge on any atom is -0.375 e. The molecule has 228 valence electrons. The quantitative estimate of drug-likeness (QED) is 0.136. The number of hydrogen-bond donors (Lipinski definition) is 2. The van der Waals surface area contributed by atoms with Crippen LogP contribution in [0.2, 0.25) is 0 Å². The number of rotatable bonds is 6. The number of fused-ring (bicyclic) bond motifs is 3. The molecule has 0 atom stereocenters. The third kappa shape index (κ3) is 4.86. The van der Waals surface area contributed by atoms with E-state index in [0.717, 1.165) is 27.8 Å². The SMILES string of the molecule is BC(O)(O)C(B)(B)c1nc2ccccc2n1-c1ccc(-c2ccc(-c3c4ccccc4c(-c4ccccc4)c4ccccc34)cc2)cc1. The Kier molecular flexibility index (Phi) is 7.13. The summed E-state index contributed by atoms with van der Waals surface area (Å²) < 4.78 is 2.03. The molecular formula is C41H33B3N2O2. The highest BCUT2D eigenvalue weighted by Gasteiger charge is 2.42. The third-order valence-electron chi connectivity index (χ3n) is 9.93. The van der Waals surface area contributed by atoms with Crippen molar-refractivity contribution in [2.45, 2.75) is 10.9 Å². The van der Waals surface area contributed by atoms with Gasteiger partial charge in [-0.1, -0.05) is 127 Å². The molecule has 0 saturated carbocycles. The average Bonchev–Trinajstić information content (AvgIpc) is 3.51. The summed E-state index contributed by atoms with van der Waals surface area (Å²) in [6.07, 6.45) is 0. The first-order chi connectivity index (χ1) is 23.2. The zero-order chi connectivity index (χ0) is 33.0. The Labute approximate surface area is 282 Å². The van der Waals surface area contributed by atoms with E-state index in [2.05, 4.69) is 127 Å². The molecule has 7 heteroatoms. The van der Waals surface area contributed by atoms with Crippen LogP contribution in [0.15, 0.2) is 152 Å². The number of aromatic nitrogens is 2. The fourth-order valence-electron chi connectivity index (χ4n) is 6.91. The summed E-state index contributed by atoms with van der Waals surface area (Å²) in [6.45, 7) is 0. The number of nitrogens with zero attached hydrogens (tertiary/aromatic N) is 2. The maximum atomic E-state index is 10.7. The molecule has 0 saturated heterocycles. The molecular weight excluding hydrogens is 585 g/mol. The molecule has 0 aliphatic carbocycles. The minimum atomic E-state index is -1.97. The third-order valence-corrected chi connectivity index (χ3v) is 9.93. The van der Waals surface area contributed by atoms with Gasteiger partial charge in [0.1, 0.15) is 27.2 Å². The molecule has 0 aliphatic heterocycles. The Morgan fingerprint density at radius 1 is 0.458 bits per heavy atom. The summed E-state index contributed by atoms with van der Waals surface area (Å²) in [7, 11) is 5.03. The molecule has 8 aromatic rings. The van der Waals surface area contributed by atoms with Crippen molar-refractivity contribution < 1.29 is 10.2 Å². The normalized spacial score (nSPS) is 12.2. The van der Waals surface area contributed by atoms with E-state index >= 15 is 0 Å². The zero-order valence-electron chi connectivity index (χ0n) is 27.2. The van der Waals surface area contributed by atoms with E-state index in [1.54, 1.807) is 0 Å². The molecule has 0 amide bonds. The second kappa shape index (κ2) is 11.4. The van der Waals surface area contributed by atoms with Gasteiger partial charge in [0.15, 0.2) is 7.85 Å². The summed E-state index contributed by atoms with van der Waals surface area (Å²) in [5.74, 6) is 0.589. The molecule has 0 radical (unpaired) electrons. The fraction of sp³-hybridized carbons (Fsp3) is 0.0488. The first-order valence-electron chi connectivity index (χ1n) is 16.4. The molecule has 1 aromatic heterocycles. The maximum Gasteiger partial charge on any atom is 0.177 e. The van der Waals surface area contributed by atoms with Gasteiger partial charge in [0.2, 0.25) is 0 Å². The van der Waals surface area contributed by atoms with Crippen LogP contribution in [0.25, 0.3) is 71.6 Å². The van der Waals surface area contributed by atoms with Crippen molar-refractivity contribution in [1.82, 2.24) is 9.55 Å². The lowest BCUT2D eigenvalue weighted by Crippen LogP contribution is -2.54. The molecule has 0 bridgehead atoms. The second-order valence-corrected chi connectivity index (χ2v) is 13.2. The van der Waals surface area contributed by atoms with Crippen LogP contribution in [0.5, 0.6) is 0 Å². The highest BCUT2D eigenvalue weighted by Crippen LogP contribution is 2.44. The van der Waals surface area contributed by atoms with Gasteiger partial charge in [0, 0.05) is 10.9 Å². The first-order valence-corrected chi connectivity index (χ1v) is 16.4. The van der Waals surface area contributed by atoms with Crippen LogP contribution in [0, 0.1) is 0 Å². The Balaban J connectivity index is 1.21. The Bertz CT molecular complexity index is 2390. The number of benzene rings is 7. The van der Waals surface area contributed by atoms with E-state index in [1.165, 1.54) is 51.6 Å². The van der Waals surface area contributed by atoms with Crippen LogP contribution in [0.4, 0.5) is 0 Å². The lowest BCUT2D eigenvalue weighted by Gasteiger charge is -2.36. The topological polar surface area (TPSA) is 58.3 Å². The minimum absolute atomic E-state index is 0.589. The molecule has 8 rings (SSSR count). The lowest BCUT2D eigenvalue weighted by molar-refractivity contribution is -0.100. The van der Waals surface area contributed by atoms with Gasteiger partial charge in [0.25, 0.3) is 0 Å². The van der Waals surface area contributed by atoms with Gasteiger partial charge < -0.3 is 10.2 Å². The molecule has 0 fully saturated rings. The number of imidazole rings is 1. The van der Waals surface area contributed by atoms with Crippen molar-refractivity contribution >= 4 is 56.1 Å². The van der Waals surface area contributed by atoms with Gasteiger partial charge in [-0.15, -0.1) is 0 Å². The Morgan fingerprint density at radius 2 is 0.875 bits per heavy atom. The van der Waals surface area contributed by atoms with Crippen molar-refractivity contribution in [3.05, 3.63) is 157 Å². The number of para-hydroxylation sites is 2. The van der Waals surface area contributed by atoms with Gasteiger partial charge in [0.05, 0.1) is 11.0 Å². The average molecular weight is 618 g/mol. The lowest BCUT2D eigenvalue weighted by atomic mass is 9.45. The maximum absolute atomic E-state index is 10.7. The first kappa shape index (κ1) is 30.0. The van der Waals surface area contributed by atoms with E-state index in [0.29, 0.717) is 5.82 Å². The molecule has 48 heavy (non-hydrogen) atoms. The molecule has 7 aromatic carbocycles. The standard InChI is InChI=1S/C41H33B3N2O2/c42-40(43,41(44,47)48)39-45-35-16-8-9-17-36(35)46(39)30-24-22-27(23-25-30)26-18-20-29(21-19-26)38-33-14-6-4-12-31(33)37(28-10-2-1-3-11-28)32-13-5-7-15-34(32)38/h1-25,47-48H,42-44H2. The van der Waals surface area contributed by atoms with E-state index in [1.807, 2.05) is 44.5 Å². The van der Waals surface area contributed by atoms with Crippen LogP contribution < -0.4 is 0 Å². The summed E-state index contributed by atoms with van der Waals surface area (Å²) in [4.78, 5) is 4.85. The fourth-order valence-corrected chi connectivity index (χ4v) is 6.91. The van der Waals surface area contributed by atoms with Crippen molar-refractivity contribution in [1.29, 1.82) is 0 Å². The van der Waals surface area contributed by atoms with Crippen molar-refractivity contribution in [3.8, 4) is 39.1 Å². The molecule has 0 spiro atoms. The van der Waals surface area contributed by atoms with Crippen LogP contribution in [-0.2, 0) is 5.21 Å². The summed E-state index contributed by atoms with van der Waals surface area (Å²) in [5, 5.41) is 25.3. The van der Waals surface area contributed by atoms with Crippen LogP contribution >= 0.6 is 0 Å². The van der Waals surface area contributed by atoms with Crippen molar-refractivity contribution in [3.63, 3.8) is 0 Å². The zero-order valence-corrected chi connectivity index (χ0v) is 27.2. The predicted octanol–water partition coefficient (Wildman–Crippen LogP) is 6.02. The highest BCUT2D eigenvalue weighted by atomic mass is 16.5. The van der Waals surface area contributed by atoms with E-state index in [9.17, 15) is 10.2 Å². The van der Waals surface area contributed by atoms with Crippen LogP contribution in [0.1, 0.15) is 5.82 Å². The van der Waals surface area contributed by atoms with Gasteiger partial charge >= 0.3 is 0 Å². The van der Waals surface area contributed by atoms with E-state index in [-0.39, 0.29) is 0 Å². The summed E-state index contributed by atoms with van der Waals surface area (Å²) >= 11 is 0. The number of hydrogen-bond acceptors (Lipinski definition) is 3. The van der Waals surface area contributed by atoms with E-state index in [4.69, 9.17) is 4.98 Å². The van der Waals surface area contributed by atoms with Gasteiger partial charge in [-0.25, -0.2) is 4.98 Å².